The van der Waals surface area contributed by atoms with Gasteiger partial charge >= 0.3 is 0 Å². The second-order valence-electron chi connectivity index (χ2n) is 11.0. The van der Waals surface area contributed by atoms with Crippen molar-refractivity contribution in [2.75, 3.05) is 20.2 Å². The lowest BCUT2D eigenvalue weighted by Crippen LogP contribution is -2.35. The number of hydrogen-bond donors (Lipinski definition) is 1. The van der Waals surface area contributed by atoms with Crippen LogP contribution in [0.2, 0.25) is 0 Å². The lowest BCUT2D eigenvalue weighted by atomic mass is 9.71. The highest BCUT2D eigenvalue weighted by molar-refractivity contribution is 9.10. The minimum absolute atomic E-state index is 0.388. The molecule has 0 spiro atoms. The van der Waals surface area contributed by atoms with Gasteiger partial charge in [-0.25, -0.2) is 4.98 Å². The molecule has 1 aromatic heterocycles. The van der Waals surface area contributed by atoms with Gasteiger partial charge < -0.3 is 14.7 Å². The molecule has 0 fully saturated rings. The molecule has 0 amide bonds. The second kappa shape index (κ2) is 14.1. The average Bonchev–Trinajstić information content (AvgIpc) is 3.01. The van der Waals surface area contributed by atoms with E-state index in [9.17, 15) is 5.11 Å². The van der Waals surface area contributed by atoms with Crippen LogP contribution in [0.15, 0.2) is 120 Å². The molecule has 2 atom stereocenters. The smallest absolute Gasteiger partial charge is 0.217 e. The van der Waals surface area contributed by atoms with Gasteiger partial charge in [-0.15, -0.1) is 0 Å². The molecular formula is C37H39BrN2O2. The summed E-state index contributed by atoms with van der Waals surface area (Å²) >= 11 is 3.63. The lowest BCUT2D eigenvalue weighted by molar-refractivity contribution is 0.00651. The Kier molecular flexibility index (Phi) is 10.1. The van der Waals surface area contributed by atoms with Crippen LogP contribution >= 0.6 is 15.9 Å². The largest absolute Gasteiger partial charge is 0.478 e. The van der Waals surface area contributed by atoms with Crippen LogP contribution in [0.25, 0.3) is 10.9 Å². The van der Waals surface area contributed by atoms with Crippen LogP contribution in [0.5, 0.6) is 5.88 Å². The summed E-state index contributed by atoms with van der Waals surface area (Å²) in [4.78, 5) is 7.31. The normalized spacial score (nSPS) is 13.6. The molecule has 1 heterocycles. The van der Waals surface area contributed by atoms with E-state index in [4.69, 9.17) is 9.72 Å². The standard InChI is InChI=1S/C37H39BrN2O2/c1-3-42-36-33(26-30-25-32(38)21-22-34(30)39-36)35(29-17-9-5-10-18-29)37(41,31-19-11-6-12-20-31)23-13-14-24-40(2)27-28-15-7-4-8-16-28/h4-12,15-22,25-26,35,41H,3,13-14,23-24,27H2,1-2H3. The van der Waals surface area contributed by atoms with E-state index < -0.39 is 5.60 Å². The van der Waals surface area contributed by atoms with Crippen molar-refractivity contribution >= 4 is 26.8 Å². The Bertz CT molecular complexity index is 1560. The van der Waals surface area contributed by atoms with Crippen LogP contribution in [0.3, 0.4) is 0 Å². The van der Waals surface area contributed by atoms with E-state index in [0.717, 1.165) is 58.0 Å². The number of aliphatic hydroxyl groups is 1. The van der Waals surface area contributed by atoms with E-state index in [0.29, 0.717) is 18.9 Å². The Morgan fingerprint density at radius 1 is 0.857 bits per heavy atom. The van der Waals surface area contributed by atoms with Gasteiger partial charge in [0.2, 0.25) is 5.88 Å². The third-order valence-electron chi connectivity index (χ3n) is 7.89. The number of unbranched alkanes of at least 4 members (excludes halogenated alkanes) is 1. The number of aromatic nitrogens is 1. The van der Waals surface area contributed by atoms with Crippen LogP contribution in [-0.2, 0) is 12.1 Å². The van der Waals surface area contributed by atoms with Crippen molar-refractivity contribution in [2.45, 2.75) is 44.2 Å². The van der Waals surface area contributed by atoms with Crippen LogP contribution in [-0.4, -0.2) is 35.2 Å². The van der Waals surface area contributed by atoms with Crippen LogP contribution < -0.4 is 4.74 Å². The molecule has 4 nitrogen and oxygen atoms in total. The highest BCUT2D eigenvalue weighted by Gasteiger charge is 2.42. The van der Waals surface area contributed by atoms with E-state index in [2.05, 4.69) is 82.5 Å². The molecule has 2 unspecified atom stereocenters. The third kappa shape index (κ3) is 7.09. The molecule has 0 saturated heterocycles. The molecule has 5 heteroatoms. The zero-order chi connectivity index (χ0) is 29.4. The van der Waals surface area contributed by atoms with Gasteiger partial charge in [0.1, 0.15) is 5.60 Å². The summed E-state index contributed by atoms with van der Waals surface area (Å²) in [7, 11) is 2.16. The predicted molar refractivity (Wildman–Crippen MR) is 176 cm³/mol. The molecule has 4 aromatic carbocycles. The Morgan fingerprint density at radius 2 is 1.52 bits per heavy atom. The summed E-state index contributed by atoms with van der Waals surface area (Å²) in [5, 5.41) is 14.0. The van der Waals surface area contributed by atoms with Gasteiger partial charge in [-0.3, -0.25) is 0 Å². The van der Waals surface area contributed by atoms with Gasteiger partial charge in [-0.05, 0) is 80.7 Å². The molecule has 0 aliphatic heterocycles. The van der Waals surface area contributed by atoms with Gasteiger partial charge in [-0.2, -0.15) is 0 Å². The molecule has 42 heavy (non-hydrogen) atoms. The fourth-order valence-corrected chi connectivity index (χ4v) is 6.27. The van der Waals surface area contributed by atoms with Crippen LogP contribution in [0.4, 0.5) is 0 Å². The number of benzene rings is 4. The number of pyridine rings is 1. The first-order chi connectivity index (χ1) is 20.5. The first kappa shape index (κ1) is 30.0. The summed E-state index contributed by atoms with van der Waals surface area (Å²) in [6, 6.07) is 39.2. The number of hydrogen-bond acceptors (Lipinski definition) is 4. The molecule has 0 aliphatic rings. The van der Waals surface area contributed by atoms with Gasteiger partial charge in [0.05, 0.1) is 12.1 Å². The Balaban J connectivity index is 1.53. The average molecular weight is 624 g/mol. The molecule has 0 radical (unpaired) electrons. The maximum atomic E-state index is 13.0. The fraction of sp³-hybridized carbons (Fsp3) is 0.270. The minimum atomic E-state index is -1.19. The maximum absolute atomic E-state index is 13.0. The van der Waals surface area contributed by atoms with Gasteiger partial charge in [0.15, 0.2) is 0 Å². The number of rotatable bonds is 13. The van der Waals surface area contributed by atoms with Crippen molar-refractivity contribution in [2.24, 2.45) is 0 Å². The SMILES string of the molecule is CCOc1nc2ccc(Br)cc2cc1C(c1ccccc1)C(O)(CCCCN(C)Cc1ccccc1)c1ccccc1. The molecule has 0 bridgehead atoms. The molecule has 1 N–H and O–H groups in total. The molecule has 0 saturated carbocycles. The van der Waals surface area contributed by atoms with E-state index in [1.807, 2.05) is 67.6 Å². The molecule has 5 rings (SSSR count). The summed E-state index contributed by atoms with van der Waals surface area (Å²) in [6.45, 7) is 4.32. The Hall–Kier alpha value is -3.51. The molecular weight excluding hydrogens is 584 g/mol. The Labute approximate surface area is 258 Å². The van der Waals surface area contributed by atoms with Gasteiger partial charge in [-0.1, -0.05) is 107 Å². The monoisotopic (exact) mass is 622 g/mol. The van der Waals surface area contributed by atoms with Crippen molar-refractivity contribution < 1.29 is 9.84 Å². The minimum Gasteiger partial charge on any atom is -0.478 e. The van der Waals surface area contributed by atoms with E-state index in [-0.39, 0.29) is 5.92 Å². The molecule has 216 valence electrons. The number of fused-ring (bicyclic) bond motifs is 1. The van der Waals surface area contributed by atoms with Gasteiger partial charge in [0, 0.05) is 27.9 Å². The van der Waals surface area contributed by atoms with Crippen molar-refractivity contribution in [3.05, 3.63) is 142 Å². The fourth-order valence-electron chi connectivity index (χ4n) is 5.90. The topological polar surface area (TPSA) is 45.6 Å². The summed E-state index contributed by atoms with van der Waals surface area (Å²) in [5.74, 6) is 0.179. The molecule has 5 aromatic rings. The van der Waals surface area contributed by atoms with Crippen LogP contribution in [0, 0.1) is 0 Å². The van der Waals surface area contributed by atoms with Crippen molar-refractivity contribution in [1.29, 1.82) is 0 Å². The third-order valence-corrected chi connectivity index (χ3v) is 8.38. The predicted octanol–water partition coefficient (Wildman–Crippen LogP) is 8.72. The van der Waals surface area contributed by atoms with Crippen molar-refractivity contribution in [1.82, 2.24) is 9.88 Å². The highest BCUT2D eigenvalue weighted by Crippen LogP contribution is 2.48. The summed E-state index contributed by atoms with van der Waals surface area (Å²) < 4.78 is 7.17. The first-order valence-electron chi connectivity index (χ1n) is 14.8. The van der Waals surface area contributed by atoms with Crippen molar-refractivity contribution in [3.8, 4) is 5.88 Å². The zero-order valence-electron chi connectivity index (χ0n) is 24.4. The Morgan fingerprint density at radius 3 is 2.21 bits per heavy atom. The first-order valence-corrected chi connectivity index (χ1v) is 15.6. The summed E-state index contributed by atoms with van der Waals surface area (Å²) in [6.07, 6.45) is 2.43. The number of halogens is 1. The number of nitrogens with zero attached hydrogens (tertiary/aromatic N) is 2. The van der Waals surface area contributed by atoms with E-state index in [1.165, 1.54) is 5.56 Å². The van der Waals surface area contributed by atoms with Crippen LogP contribution in [0.1, 0.15) is 54.4 Å². The summed E-state index contributed by atoms with van der Waals surface area (Å²) in [5.41, 5.74) is 3.80. The lowest BCUT2D eigenvalue weighted by Gasteiger charge is -2.38. The van der Waals surface area contributed by atoms with E-state index in [1.54, 1.807) is 0 Å². The van der Waals surface area contributed by atoms with E-state index >= 15 is 0 Å². The van der Waals surface area contributed by atoms with Gasteiger partial charge in [0.25, 0.3) is 0 Å². The number of ether oxygens (including phenoxy) is 1. The molecule has 0 aliphatic carbocycles. The maximum Gasteiger partial charge on any atom is 0.217 e. The highest BCUT2D eigenvalue weighted by atomic mass is 79.9. The zero-order valence-corrected chi connectivity index (χ0v) is 26.0. The van der Waals surface area contributed by atoms with Crippen molar-refractivity contribution in [3.63, 3.8) is 0 Å². The second-order valence-corrected chi connectivity index (χ2v) is 11.9. The quantitative estimate of drug-likeness (QED) is 0.133.